The second-order valence-electron chi connectivity index (χ2n) is 6.88. The van der Waals surface area contributed by atoms with Crippen LogP contribution in [-0.2, 0) is 9.47 Å². The summed E-state index contributed by atoms with van der Waals surface area (Å²) in [5.74, 6) is 0. The van der Waals surface area contributed by atoms with Crippen molar-refractivity contribution in [3.05, 3.63) is 0 Å². The van der Waals surface area contributed by atoms with Gasteiger partial charge in [0.25, 0.3) is 0 Å². The Morgan fingerprint density at radius 2 is 2.14 bits per heavy atom. The van der Waals surface area contributed by atoms with Crippen LogP contribution in [0, 0.1) is 0 Å². The van der Waals surface area contributed by atoms with E-state index in [1.165, 1.54) is 12.8 Å². The fourth-order valence-corrected chi connectivity index (χ4v) is 3.93. The summed E-state index contributed by atoms with van der Waals surface area (Å²) in [5, 5.41) is 3.13. The van der Waals surface area contributed by atoms with Crippen molar-refractivity contribution in [1.29, 1.82) is 0 Å². The lowest BCUT2D eigenvalue weighted by Gasteiger charge is -2.40. The van der Waals surface area contributed by atoms with Crippen LogP contribution in [0.3, 0.4) is 0 Å². The Bertz CT molecular complexity index is 363. The summed E-state index contributed by atoms with van der Waals surface area (Å²) in [6.07, 6.45) is 8.17. The molecule has 0 bridgehead atoms. The quantitative estimate of drug-likeness (QED) is 0.869. The summed E-state index contributed by atoms with van der Waals surface area (Å²) < 4.78 is 11.6. The summed E-state index contributed by atoms with van der Waals surface area (Å²) in [5.41, 5.74) is -0.0482. The van der Waals surface area contributed by atoms with Crippen molar-refractivity contribution in [2.24, 2.45) is 0 Å². The predicted molar refractivity (Wildman–Crippen MR) is 80.3 cm³/mol. The first-order chi connectivity index (χ1) is 10.2. The smallest absolute Gasteiger partial charge is 0.317 e. The van der Waals surface area contributed by atoms with Crippen molar-refractivity contribution in [3.8, 4) is 0 Å². The van der Waals surface area contributed by atoms with Crippen molar-refractivity contribution >= 4 is 6.03 Å². The van der Waals surface area contributed by atoms with Gasteiger partial charge in [-0.1, -0.05) is 12.8 Å². The molecule has 120 valence electrons. The SMILES string of the molecule is C[C@@H](C[C@@H]1CCCO1)NC(=O)N1CCOC2(CCCC2)C1. The molecular weight excluding hydrogens is 268 g/mol. The molecule has 2 heterocycles. The maximum Gasteiger partial charge on any atom is 0.317 e. The summed E-state index contributed by atoms with van der Waals surface area (Å²) in [6, 6.07) is 0.234. The van der Waals surface area contributed by atoms with Gasteiger partial charge in [-0.2, -0.15) is 0 Å². The fraction of sp³-hybridized carbons (Fsp3) is 0.938. The zero-order valence-corrected chi connectivity index (χ0v) is 13.1. The molecule has 3 fully saturated rings. The number of amides is 2. The van der Waals surface area contributed by atoms with Crippen molar-refractivity contribution in [2.45, 2.75) is 69.6 Å². The highest BCUT2D eigenvalue weighted by molar-refractivity contribution is 5.74. The molecule has 21 heavy (non-hydrogen) atoms. The van der Waals surface area contributed by atoms with Gasteiger partial charge in [-0.15, -0.1) is 0 Å². The Balaban J connectivity index is 1.47. The van der Waals surface area contributed by atoms with E-state index >= 15 is 0 Å². The standard InChI is InChI=1S/C16H28N2O3/c1-13(11-14-5-4-9-20-14)17-15(19)18-8-10-21-16(12-18)6-2-3-7-16/h13-14H,2-12H2,1H3,(H,17,19)/t13-,14-/m0/s1. The molecule has 0 aromatic rings. The van der Waals surface area contributed by atoms with E-state index in [2.05, 4.69) is 12.2 Å². The van der Waals surface area contributed by atoms with Crippen LogP contribution >= 0.6 is 0 Å². The van der Waals surface area contributed by atoms with Crippen LogP contribution in [0.5, 0.6) is 0 Å². The molecule has 1 spiro atoms. The number of ether oxygens (including phenoxy) is 2. The van der Waals surface area contributed by atoms with Gasteiger partial charge >= 0.3 is 6.03 Å². The molecule has 0 unspecified atom stereocenters. The molecule has 2 atom stereocenters. The zero-order chi connectivity index (χ0) is 14.7. The minimum absolute atomic E-state index is 0.0482. The van der Waals surface area contributed by atoms with Crippen LogP contribution in [-0.4, -0.2) is 55.0 Å². The van der Waals surface area contributed by atoms with E-state index in [9.17, 15) is 4.79 Å². The highest BCUT2D eigenvalue weighted by Crippen LogP contribution is 2.35. The minimum atomic E-state index is -0.0482. The number of carbonyl (C=O) groups is 1. The molecule has 5 heteroatoms. The average Bonchev–Trinajstić information content (AvgIpc) is 3.11. The molecule has 1 aliphatic carbocycles. The number of rotatable bonds is 3. The Hall–Kier alpha value is -0.810. The fourth-order valence-electron chi connectivity index (χ4n) is 3.93. The molecule has 2 aliphatic heterocycles. The summed E-state index contributed by atoms with van der Waals surface area (Å²) in [4.78, 5) is 14.4. The van der Waals surface area contributed by atoms with Crippen molar-refractivity contribution < 1.29 is 14.3 Å². The van der Waals surface area contributed by atoms with Crippen molar-refractivity contribution in [3.63, 3.8) is 0 Å². The van der Waals surface area contributed by atoms with Gasteiger partial charge in [-0.3, -0.25) is 0 Å². The molecule has 5 nitrogen and oxygen atoms in total. The van der Waals surface area contributed by atoms with Gasteiger partial charge in [0, 0.05) is 19.2 Å². The Kier molecular flexibility index (Phi) is 4.69. The third kappa shape index (κ3) is 3.69. The van der Waals surface area contributed by atoms with Crippen LogP contribution in [0.1, 0.15) is 51.9 Å². The minimum Gasteiger partial charge on any atom is -0.378 e. The Morgan fingerprint density at radius 1 is 1.33 bits per heavy atom. The van der Waals surface area contributed by atoms with Crippen LogP contribution in [0.25, 0.3) is 0 Å². The Labute approximate surface area is 127 Å². The lowest BCUT2D eigenvalue weighted by atomic mass is 10.00. The van der Waals surface area contributed by atoms with Crippen molar-refractivity contribution in [2.75, 3.05) is 26.3 Å². The van der Waals surface area contributed by atoms with E-state index in [4.69, 9.17) is 9.47 Å². The molecule has 0 aromatic carbocycles. The van der Waals surface area contributed by atoms with Gasteiger partial charge in [0.05, 0.1) is 24.9 Å². The van der Waals surface area contributed by atoms with Gasteiger partial charge < -0.3 is 19.7 Å². The van der Waals surface area contributed by atoms with E-state index in [0.717, 1.165) is 45.3 Å². The first kappa shape index (κ1) is 15.1. The van der Waals surface area contributed by atoms with Crippen LogP contribution in [0.2, 0.25) is 0 Å². The van der Waals surface area contributed by atoms with E-state index in [1.807, 2.05) is 4.90 Å². The number of hydrogen-bond acceptors (Lipinski definition) is 3. The molecule has 3 aliphatic rings. The van der Waals surface area contributed by atoms with E-state index in [-0.39, 0.29) is 17.7 Å². The topological polar surface area (TPSA) is 50.8 Å². The number of urea groups is 1. The molecule has 0 radical (unpaired) electrons. The van der Waals surface area contributed by atoms with Gasteiger partial charge in [0.1, 0.15) is 0 Å². The monoisotopic (exact) mass is 296 g/mol. The van der Waals surface area contributed by atoms with Gasteiger partial charge in [0.2, 0.25) is 0 Å². The molecule has 0 aromatic heterocycles. The molecular formula is C16H28N2O3. The normalized spacial score (nSPS) is 29.8. The number of carbonyl (C=O) groups excluding carboxylic acids is 1. The third-order valence-electron chi connectivity index (χ3n) is 5.06. The number of nitrogens with zero attached hydrogens (tertiary/aromatic N) is 1. The summed E-state index contributed by atoms with van der Waals surface area (Å²) in [7, 11) is 0. The third-order valence-corrected chi connectivity index (χ3v) is 5.06. The van der Waals surface area contributed by atoms with E-state index in [1.54, 1.807) is 0 Å². The molecule has 3 rings (SSSR count). The second kappa shape index (κ2) is 6.53. The molecule has 1 saturated carbocycles. The van der Waals surface area contributed by atoms with Gasteiger partial charge in [0.15, 0.2) is 0 Å². The largest absolute Gasteiger partial charge is 0.378 e. The maximum atomic E-state index is 12.4. The predicted octanol–water partition coefficient (Wildman–Crippen LogP) is 2.30. The maximum absolute atomic E-state index is 12.4. The number of hydrogen-bond donors (Lipinski definition) is 1. The second-order valence-corrected chi connectivity index (χ2v) is 6.88. The molecule has 2 amide bonds. The lowest BCUT2D eigenvalue weighted by Crippen LogP contribution is -2.56. The van der Waals surface area contributed by atoms with Crippen molar-refractivity contribution in [1.82, 2.24) is 10.2 Å². The van der Waals surface area contributed by atoms with Crippen LogP contribution in [0.15, 0.2) is 0 Å². The van der Waals surface area contributed by atoms with Crippen LogP contribution < -0.4 is 5.32 Å². The van der Waals surface area contributed by atoms with E-state index < -0.39 is 0 Å². The first-order valence-corrected chi connectivity index (χ1v) is 8.48. The number of morpholine rings is 1. The lowest BCUT2D eigenvalue weighted by molar-refractivity contribution is -0.0927. The zero-order valence-electron chi connectivity index (χ0n) is 13.1. The average molecular weight is 296 g/mol. The van der Waals surface area contributed by atoms with Crippen LogP contribution in [0.4, 0.5) is 4.79 Å². The van der Waals surface area contributed by atoms with Gasteiger partial charge in [-0.05, 0) is 39.0 Å². The summed E-state index contributed by atoms with van der Waals surface area (Å²) in [6.45, 7) is 5.09. The first-order valence-electron chi connectivity index (χ1n) is 8.48. The Morgan fingerprint density at radius 3 is 2.86 bits per heavy atom. The number of nitrogens with one attached hydrogen (secondary N) is 1. The highest BCUT2D eigenvalue weighted by atomic mass is 16.5. The highest BCUT2D eigenvalue weighted by Gasteiger charge is 2.40. The van der Waals surface area contributed by atoms with Gasteiger partial charge in [-0.25, -0.2) is 4.79 Å². The molecule has 1 N–H and O–H groups in total. The summed E-state index contributed by atoms with van der Waals surface area (Å²) >= 11 is 0. The van der Waals surface area contributed by atoms with E-state index in [0.29, 0.717) is 19.3 Å². The molecule has 2 saturated heterocycles.